The number of fused-ring (bicyclic) bond motifs is 2. The normalized spacial score (nSPS) is 11.4. The van der Waals surface area contributed by atoms with Crippen molar-refractivity contribution < 1.29 is 18.7 Å². The molecule has 1 amide bonds. The minimum Gasteiger partial charge on any atom is -0.493 e. The quantitative estimate of drug-likeness (QED) is 0.163. The molecule has 0 aliphatic heterocycles. The number of amides is 1. The molecular weight excluding hydrogens is 671 g/mol. The van der Waals surface area contributed by atoms with Gasteiger partial charge in [-0.15, -0.1) is 0 Å². The van der Waals surface area contributed by atoms with E-state index < -0.39 is 0 Å². The third-order valence-electron chi connectivity index (χ3n) is 6.53. The summed E-state index contributed by atoms with van der Waals surface area (Å²) < 4.78 is 19.1. The largest absolute Gasteiger partial charge is 0.493 e. The fourth-order valence-electron chi connectivity index (χ4n) is 4.43. The summed E-state index contributed by atoms with van der Waals surface area (Å²) in [6.45, 7) is -0.261. The van der Waals surface area contributed by atoms with Gasteiger partial charge < -0.3 is 19.2 Å². The number of rotatable bonds is 8. The molecule has 12 heteroatoms. The van der Waals surface area contributed by atoms with Crippen LogP contribution in [-0.2, 0) is 4.79 Å². The Labute approximate surface area is 268 Å². The van der Waals surface area contributed by atoms with Gasteiger partial charge in [-0.3, -0.25) is 9.59 Å². The molecule has 0 spiro atoms. The third-order valence-corrected chi connectivity index (χ3v) is 7.71. The standard InChI is InChI=1S/C32H21BrCl2N4O5/c1-42-27-14-19(24(33)15-28(27)43-17-30(40)37-22-9-6-20(34)7-10-22)16-36-39-31(38-25-5-3-2-4-23(25)32(39)41)29-13-18-12-21(35)8-11-26(18)44-29/h2-16H,17H2,1H3,(H,37,40). The molecule has 0 radical (unpaired) electrons. The van der Waals surface area contributed by atoms with Crippen molar-refractivity contribution >= 4 is 78.8 Å². The van der Waals surface area contributed by atoms with E-state index in [9.17, 15) is 9.59 Å². The lowest BCUT2D eigenvalue weighted by atomic mass is 10.2. The predicted molar refractivity (Wildman–Crippen MR) is 175 cm³/mol. The molecule has 0 aliphatic carbocycles. The van der Waals surface area contributed by atoms with Crippen LogP contribution in [0.2, 0.25) is 10.0 Å². The zero-order valence-corrected chi connectivity index (χ0v) is 26.0. The molecule has 0 atom stereocenters. The van der Waals surface area contributed by atoms with Crippen LogP contribution in [0.3, 0.4) is 0 Å². The van der Waals surface area contributed by atoms with Crippen LogP contribution in [0.4, 0.5) is 5.69 Å². The van der Waals surface area contributed by atoms with Crippen LogP contribution < -0.4 is 20.3 Å². The van der Waals surface area contributed by atoms with Crippen molar-refractivity contribution in [2.45, 2.75) is 0 Å². The van der Waals surface area contributed by atoms with Crippen molar-refractivity contribution in [2.24, 2.45) is 5.10 Å². The van der Waals surface area contributed by atoms with E-state index in [4.69, 9.17) is 42.1 Å². The van der Waals surface area contributed by atoms with Gasteiger partial charge in [-0.2, -0.15) is 9.78 Å². The number of ether oxygens (including phenoxy) is 2. The van der Waals surface area contributed by atoms with Gasteiger partial charge in [-0.05, 0) is 88.7 Å². The molecular formula is C32H21BrCl2N4O5. The highest BCUT2D eigenvalue weighted by molar-refractivity contribution is 9.10. The average Bonchev–Trinajstić information content (AvgIpc) is 3.44. The van der Waals surface area contributed by atoms with Gasteiger partial charge in [0.05, 0.1) is 24.2 Å². The van der Waals surface area contributed by atoms with Crippen LogP contribution >= 0.6 is 39.1 Å². The van der Waals surface area contributed by atoms with Crippen LogP contribution in [0.25, 0.3) is 33.5 Å². The number of benzene rings is 4. The summed E-state index contributed by atoms with van der Waals surface area (Å²) in [6, 6.07) is 24.1. The number of halogens is 3. The summed E-state index contributed by atoms with van der Waals surface area (Å²) in [6.07, 6.45) is 1.49. The topological polar surface area (TPSA) is 108 Å². The molecule has 44 heavy (non-hydrogen) atoms. The van der Waals surface area contributed by atoms with Gasteiger partial charge in [0, 0.05) is 31.2 Å². The van der Waals surface area contributed by atoms with Gasteiger partial charge >= 0.3 is 0 Å². The van der Waals surface area contributed by atoms with Crippen molar-refractivity contribution in [2.75, 3.05) is 19.0 Å². The molecule has 1 N–H and O–H groups in total. The Morgan fingerprint density at radius 2 is 1.80 bits per heavy atom. The first-order valence-corrected chi connectivity index (χ1v) is 14.7. The highest BCUT2D eigenvalue weighted by Crippen LogP contribution is 2.33. The number of carbonyl (C=O) groups is 1. The maximum atomic E-state index is 13.6. The number of furan rings is 1. The number of hydrogen-bond donors (Lipinski definition) is 1. The predicted octanol–water partition coefficient (Wildman–Crippen LogP) is 7.79. The van der Waals surface area contributed by atoms with Gasteiger partial charge in [-0.1, -0.05) is 35.3 Å². The van der Waals surface area contributed by atoms with E-state index in [0.717, 1.165) is 5.39 Å². The third kappa shape index (κ3) is 6.19. The van der Waals surface area contributed by atoms with Crippen molar-refractivity contribution in [1.29, 1.82) is 0 Å². The van der Waals surface area contributed by atoms with Crippen molar-refractivity contribution in [1.82, 2.24) is 9.66 Å². The van der Waals surface area contributed by atoms with E-state index in [1.165, 1.54) is 18.0 Å². The van der Waals surface area contributed by atoms with E-state index in [1.54, 1.807) is 84.9 Å². The Morgan fingerprint density at radius 3 is 2.59 bits per heavy atom. The van der Waals surface area contributed by atoms with Crippen molar-refractivity contribution in [3.05, 3.63) is 115 Å². The van der Waals surface area contributed by atoms with Crippen LogP contribution in [0.5, 0.6) is 11.5 Å². The minimum absolute atomic E-state index is 0.215. The van der Waals surface area contributed by atoms with Gasteiger partial charge in [0.1, 0.15) is 5.58 Å². The van der Waals surface area contributed by atoms with Crippen molar-refractivity contribution in [3.8, 4) is 23.1 Å². The summed E-state index contributed by atoms with van der Waals surface area (Å²) in [4.78, 5) is 30.8. The Kier molecular flexibility index (Phi) is 8.38. The first kappa shape index (κ1) is 29.4. The molecule has 4 aromatic carbocycles. The van der Waals surface area contributed by atoms with E-state index >= 15 is 0 Å². The second kappa shape index (κ2) is 12.5. The number of methoxy groups -OCH3 is 1. The van der Waals surface area contributed by atoms with Gasteiger partial charge in [0.25, 0.3) is 11.5 Å². The number of para-hydroxylation sites is 1. The smallest absolute Gasteiger partial charge is 0.282 e. The molecule has 0 unspecified atom stereocenters. The Balaban J connectivity index is 1.31. The fourth-order valence-corrected chi connectivity index (χ4v) is 5.16. The second-order valence-electron chi connectivity index (χ2n) is 9.48. The molecule has 0 fully saturated rings. The number of nitrogens with one attached hydrogen (secondary N) is 1. The summed E-state index contributed by atoms with van der Waals surface area (Å²) in [5.41, 5.74) is 1.87. The zero-order chi connectivity index (χ0) is 30.8. The maximum absolute atomic E-state index is 13.6. The first-order valence-electron chi connectivity index (χ1n) is 13.1. The minimum atomic E-state index is -0.380. The van der Waals surface area contributed by atoms with E-state index in [1.807, 2.05) is 0 Å². The Bertz CT molecular complexity index is 2130. The number of hydrogen-bond acceptors (Lipinski definition) is 7. The highest BCUT2D eigenvalue weighted by Gasteiger charge is 2.17. The van der Waals surface area contributed by atoms with Gasteiger partial charge in [-0.25, -0.2) is 4.98 Å². The summed E-state index contributed by atoms with van der Waals surface area (Å²) in [7, 11) is 1.48. The number of anilines is 1. The molecule has 0 aliphatic rings. The van der Waals surface area contributed by atoms with E-state index in [2.05, 4.69) is 26.3 Å². The van der Waals surface area contributed by atoms with Crippen LogP contribution in [0.1, 0.15) is 5.56 Å². The van der Waals surface area contributed by atoms with E-state index in [0.29, 0.717) is 59.5 Å². The number of aromatic nitrogens is 2. The SMILES string of the molecule is COc1cc(C=Nn2c(-c3cc4cc(Cl)ccc4o3)nc3ccccc3c2=O)c(Br)cc1OCC(=O)Nc1ccc(Cl)cc1. The van der Waals surface area contributed by atoms with Crippen LogP contribution in [-0.4, -0.2) is 35.5 Å². The molecule has 6 rings (SSSR count). The second-order valence-corrected chi connectivity index (χ2v) is 11.2. The fraction of sp³-hybridized carbons (Fsp3) is 0.0625. The summed E-state index contributed by atoms with van der Waals surface area (Å²) in [5.74, 6) is 0.882. The Morgan fingerprint density at radius 1 is 1.02 bits per heavy atom. The van der Waals surface area contributed by atoms with E-state index in [-0.39, 0.29) is 23.9 Å². The Hall–Kier alpha value is -4.64. The molecule has 2 heterocycles. The summed E-state index contributed by atoms with van der Waals surface area (Å²) in [5, 5.41) is 9.53. The number of carbonyl (C=O) groups excluding carboxylic acids is 1. The number of nitrogens with zero attached hydrogens (tertiary/aromatic N) is 3. The molecule has 0 saturated carbocycles. The lowest BCUT2D eigenvalue weighted by Crippen LogP contribution is -2.20. The van der Waals surface area contributed by atoms with Crippen LogP contribution in [0.15, 0.2) is 104 Å². The monoisotopic (exact) mass is 690 g/mol. The lowest BCUT2D eigenvalue weighted by molar-refractivity contribution is -0.118. The lowest BCUT2D eigenvalue weighted by Gasteiger charge is -2.13. The molecule has 0 bridgehead atoms. The van der Waals surface area contributed by atoms with Crippen LogP contribution in [0, 0.1) is 0 Å². The average molecular weight is 692 g/mol. The first-order chi connectivity index (χ1) is 21.3. The molecule has 220 valence electrons. The summed E-state index contributed by atoms with van der Waals surface area (Å²) >= 11 is 15.6. The van der Waals surface area contributed by atoms with Gasteiger partial charge in [0.15, 0.2) is 23.9 Å². The molecule has 2 aromatic heterocycles. The van der Waals surface area contributed by atoms with Crippen molar-refractivity contribution in [3.63, 3.8) is 0 Å². The molecule has 9 nitrogen and oxygen atoms in total. The maximum Gasteiger partial charge on any atom is 0.282 e. The zero-order valence-electron chi connectivity index (χ0n) is 22.9. The molecule has 6 aromatic rings. The highest BCUT2D eigenvalue weighted by atomic mass is 79.9. The molecule has 0 saturated heterocycles. The van der Waals surface area contributed by atoms with Gasteiger partial charge in [0.2, 0.25) is 5.82 Å².